The fraction of sp³-hybridized carbons (Fsp3) is 0.308. The molecule has 0 aliphatic carbocycles. The summed E-state index contributed by atoms with van der Waals surface area (Å²) in [5.41, 5.74) is 1.92. The maximum absolute atomic E-state index is 6.09. The van der Waals surface area contributed by atoms with Gasteiger partial charge in [-0.3, -0.25) is 0 Å². The molecule has 0 heterocycles. The minimum absolute atomic E-state index is 0.141. The monoisotopic (exact) mass is 470 g/mol. The van der Waals surface area contributed by atoms with Crippen LogP contribution in [0.3, 0.4) is 0 Å². The molecule has 0 aliphatic rings. The van der Waals surface area contributed by atoms with Gasteiger partial charge in [-0.1, -0.05) is 30.3 Å². The van der Waals surface area contributed by atoms with Crippen LogP contribution in [0, 0.1) is 13.8 Å². The molecule has 0 N–H and O–H groups in total. The van der Waals surface area contributed by atoms with Crippen molar-refractivity contribution >= 4 is 23.8 Å². The molecule has 3 rings (SSSR count). The van der Waals surface area contributed by atoms with Gasteiger partial charge in [-0.2, -0.15) is 0 Å². The summed E-state index contributed by atoms with van der Waals surface area (Å²) in [5, 5.41) is 3.14. The van der Waals surface area contributed by atoms with Gasteiger partial charge in [-0.15, -0.1) is 0 Å². The quantitative estimate of drug-likeness (QED) is 0.311. The Kier molecular flexibility index (Phi) is 8.95. The number of benzene rings is 3. The normalized spacial score (nSPS) is 10.9. The predicted molar refractivity (Wildman–Crippen MR) is 133 cm³/mol. The average Bonchev–Trinajstić information content (AvgIpc) is 2.83. The summed E-state index contributed by atoms with van der Waals surface area (Å²) < 4.78 is 33.9. The van der Waals surface area contributed by atoms with E-state index in [1.165, 1.54) is 0 Å². The third-order valence-electron chi connectivity index (χ3n) is 5.07. The fourth-order valence-electron chi connectivity index (χ4n) is 3.61. The predicted octanol–water partition coefficient (Wildman–Crippen LogP) is 4.04. The molecule has 33 heavy (non-hydrogen) atoms. The van der Waals surface area contributed by atoms with E-state index >= 15 is 0 Å². The zero-order valence-electron chi connectivity index (χ0n) is 20.0. The Labute approximate surface area is 197 Å². The fourth-order valence-corrected chi connectivity index (χ4v) is 6.30. The van der Waals surface area contributed by atoms with E-state index in [4.69, 9.17) is 28.4 Å². The number of hydrogen-bond acceptors (Lipinski definition) is 6. The van der Waals surface area contributed by atoms with Crippen LogP contribution in [0.5, 0.6) is 23.0 Å². The minimum Gasteiger partial charge on any atom is -0.497 e. The highest BCUT2D eigenvalue weighted by Crippen LogP contribution is 2.43. The zero-order chi connectivity index (χ0) is 23.8. The van der Waals surface area contributed by atoms with Crippen molar-refractivity contribution in [1.29, 1.82) is 0 Å². The number of aryl methyl sites for hydroxylation is 2. The molecule has 0 unspecified atom stereocenters. The van der Waals surface area contributed by atoms with Crippen LogP contribution in [0.15, 0.2) is 54.6 Å². The number of hydrogen-bond donors (Lipinski definition) is 0. The van der Waals surface area contributed by atoms with Crippen LogP contribution in [-0.2, 0) is 9.47 Å². The molecule has 0 bridgehead atoms. The summed E-state index contributed by atoms with van der Waals surface area (Å²) in [4.78, 5) is 0. The van der Waals surface area contributed by atoms with E-state index in [0.717, 1.165) is 50.0 Å². The molecule has 0 aromatic heterocycles. The van der Waals surface area contributed by atoms with Gasteiger partial charge in [-0.05, 0) is 62.5 Å². The number of methoxy groups -OCH3 is 4. The van der Waals surface area contributed by atoms with Crippen LogP contribution >= 0.6 is 7.92 Å². The van der Waals surface area contributed by atoms with Gasteiger partial charge in [0.05, 0.1) is 14.2 Å². The lowest BCUT2D eigenvalue weighted by atomic mass is 10.2. The maximum Gasteiger partial charge on any atom is 0.188 e. The summed E-state index contributed by atoms with van der Waals surface area (Å²) in [5.74, 6) is 3.06. The van der Waals surface area contributed by atoms with E-state index in [0.29, 0.717) is 0 Å². The van der Waals surface area contributed by atoms with E-state index in [9.17, 15) is 0 Å². The molecule has 0 amide bonds. The topological polar surface area (TPSA) is 55.4 Å². The van der Waals surface area contributed by atoms with Crippen molar-refractivity contribution in [2.24, 2.45) is 0 Å². The van der Waals surface area contributed by atoms with Gasteiger partial charge in [0.25, 0.3) is 0 Å². The third-order valence-corrected chi connectivity index (χ3v) is 7.51. The van der Waals surface area contributed by atoms with Crippen molar-refractivity contribution in [3.05, 3.63) is 65.7 Å². The van der Waals surface area contributed by atoms with Gasteiger partial charge >= 0.3 is 0 Å². The van der Waals surface area contributed by atoms with Crippen LogP contribution in [-0.4, -0.2) is 42.0 Å². The van der Waals surface area contributed by atoms with Crippen molar-refractivity contribution in [3.63, 3.8) is 0 Å². The molecule has 0 radical (unpaired) electrons. The Bertz CT molecular complexity index is 989. The van der Waals surface area contributed by atoms with Crippen molar-refractivity contribution in [1.82, 2.24) is 0 Å². The van der Waals surface area contributed by atoms with Gasteiger partial charge in [0.2, 0.25) is 0 Å². The van der Waals surface area contributed by atoms with E-state index in [1.807, 2.05) is 56.3 Å². The smallest absolute Gasteiger partial charge is 0.188 e. The van der Waals surface area contributed by atoms with Crippen LogP contribution in [0.2, 0.25) is 0 Å². The summed E-state index contributed by atoms with van der Waals surface area (Å²) in [6.07, 6.45) is 0. The highest BCUT2D eigenvalue weighted by molar-refractivity contribution is 7.80. The van der Waals surface area contributed by atoms with E-state index in [2.05, 4.69) is 12.1 Å². The molecule has 0 saturated heterocycles. The van der Waals surface area contributed by atoms with Crippen LogP contribution < -0.4 is 34.9 Å². The maximum atomic E-state index is 6.09. The van der Waals surface area contributed by atoms with E-state index in [-0.39, 0.29) is 13.6 Å². The first-order valence-corrected chi connectivity index (χ1v) is 11.8. The van der Waals surface area contributed by atoms with Gasteiger partial charge in [-0.25, -0.2) is 0 Å². The Balaban J connectivity index is 2.35. The second kappa shape index (κ2) is 11.9. The molecular weight excluding hydrogens is 439 g/mol. The highest BCUT2D eigenvalue weighted by Gasteiger charge is 2.27. The van der Waals surface area contributed by atoms with Crippen molar-refractivity contribution in [3.8, 4) is 23.0 Å². The van der Waals surface area contributed by atoms with Crippen LogP contribution in [0.25, 0.3) is 0 Å². The van der Waals surface area contributed by atoms with Gasteiger partial charge in [0.15, 0.2) is 13.6 Å². The molecule has 0 spiro atoms. The van der Waals surface area contributed by atoms with Crippen LogP contribution in [0.1, 0.15) is 11.1 Å². The molecule has 3 aromatic rings. The van der Waals surface area contributed by atoms with Crippen LogP contribution in [0.4, 0.5) is 0 Å². The summed E-state index contributed by atoms with van der Waals surface area (Å²) in [6, 6.07) is 18.3. The summed E-state index contributed by atoms with van der Waals surface area (Å²) >= 11 is 0. The minimum atomic E-state index is -1.12. The molecule has 6 nitrogen and oxygen atoms in total. The molecule has 3 aromatic carbocycles. The lowest BCUT2D eigenvalue weighted by Gasteiger charge is -2.26. The van der Waals surface area contributed by atoms with Gasteiger partial charge in [0.1, 0.15) is 23.0 Å². The lowest BCUT2D eigenvalue weighted by Crippen LogP contribution is -2.25. The standard InChI is InChI=1S/C26H31O6P/c1-18-12-20(29-5)14-23(25(18)31-16-27-3)33(22-10-8-7-9-11-22)24-15-21(30-6)13-19(2)26(24)32-17-28-4/h7-15H,16-17H2,1-6H3. The molecule has 0 aliphatic heterocycles. The van der Waals surface area contributed by atoms with Crippen molar-refractivity contribution in [2.45, 2.75) is 13.8 Å². The van der Waals surface area contributed by atoms with Gasteiger partial charge in [0, 0.05) is 24.8 Å². The summed E-state index contributed by atoms with van der Waals surface area (Å²) in [7, 11) is 5.44. The van der Waals surface area contributed by atoms with E-state index < -0.39 is 7.92 Å². The number of rotatable bonds is 11. The molecule has 7 heteroatoms. The largest absolute Gasteiger partial charge is 0.497 e. The summed E-state index contributed by atoms with van der Waals surface area (Å²) in [6.45, 7) is 4.30. The van der Waals surface area contributed by atoms with Crippen molar-refractivity contribution < 1.29 is 28.4 Å². The Morgan fingerprint density at radius 3 is 1.48 bits per heavy atom. The molecule has 0 saturated carbocycles. The second-order valence-corrected chi connectivity index (χ2v) is 9.51. The van der Waals surface area contributed by atoms with E-state index in [1.54, 1.807) is 28.4 Å². The first-order chi connectivity index (χ1) is 16.0. The van der Waals surface area contributed by atoms with Gasteiger partial charge < -0.3 is 28.4 Å². The van der Waals surface area contributed by atoms with Crippen molar-refractivity contribution in [2.75, 3.05) is 42.0 Å². The highest BCUT2D eigenvalue weighted by atomic mass is 31.1. The lowest BCUT2D eigenvalue weighted by molar-refractivity contribution is 0.0513. The Morgan fingerprint density at radius 1 is 0.636 bits per heavy atom. The first-order valence-electron chi connectivity index (χ1n) is 10.5. The first kappa shape index (κ1) is 24.8. The second-order valence-electron chi connectivity index (χ2n) is 7.36. The molecule has 0 fully saturated rings. The SMILES string of the molecule is COCOc1c(C)cc(OC)cc1P(c1ccccc1)c1cc(OC)cc(C)c1OCOC. The number of ether oxygens (including phenoxy) is 6. The zero-order valence-corrected chi connectivity index (χ0v) is 20.9. The molecular formula is C26H31O6P. The Hall–Kier alpha value is -2.79. The average molecular weight is 471 g/mol. The molecule has 0 atom stereocenters. The third kappa shape index (κ3) is 5.77. The Morgan fingerprint density at radius 2 is 1.09 bits per heavy atom. The molecule has 176 valence electrons.